The molecule has 1 aromatic carbocycles. The van der Waals surface area contributed by atoms with Gasteiger partial charge in [-0.1, -0.05) is 11.6 Å². The number of benzene rings is 1. The van der Waals surface area contributed by atoms with E-state index in [1.807, 2.05) is 6.92 Å². The number of nitrogens with one attached hydrogen (secondary N) is 3. The number of nitrogens with zero attached hydrogens (tertiary/aromatic N) is 1. The Hall–Kier alpha value is -2.45. The number of thiazole rings is 1. The van der Waals surface area contributed by atoms with Crippen molar-refractivity contribution in [3.63, 3.8) is 0 Å². The van der Waals surface area contributed by atoms with Crippen molar-refractivity contribution in [2.45, 2.75) is 13.3 Å². The highest BCUT2D eigenvalue weighted by Gasteiger charge is 2.09. The second-order valence-electron chi connectivity index (χ2n) is 5.14. The van der Waals surface area contributed by atoms with E-state index in [0.29, 0.717) is 33.9 Å². The Balaban J connectivity index is 1.70. The van der Waals surface area contributed by atoms with Gasteiger partial charge in [-0.2, -0.15) is 0 Å². The topological polar surface area (TPSA) is 108 Å². The van der Waals surface area contributed by atoms with Gasteiger partial charge in [0.05, 0.1) is 21.7 Å². The second kappa shape index (κ2) is 6.58. The molecule has 2 aromatic heterocycles. The average molecular weight is 365 g/mol. The molecule has 0 aliphatic rings. The highest BCUT2D eigenvalue weighted by Crippen LogP contribution is 2.23. The summed E-state index contributed by atoms with van der Waals surface area (Å²) in [5, 5.41) is 3.65. The third-order valence-electron chi connectivity index (χ3n) is 3.39. The fraction of sp³-hybridized carbons (Fsp3) is 0.200. The van der Waals surface area contributed by atoms with Crippen LogP contribution in [0, 0.1) is 6.92 Å². The van der Waals surface area contributed by atoms with Crippen molar-refractivity contribution < 1.29 is 4.79 Å². The molecule has 0 fully saturated rings. The van der Waals surface area contributed by atoms with Gasteiger partial charge in [-0.3, -0.25) is 14.4 Å². The molecule has 0 bridgehead atoms. The van der Waals surface area contributed by atoms with E-state index in [4.69, 9.17) is 11.6 Å². The maximum Gasteiger partial charge on any atom is 0.314 e. The summed E-state index contributed by atoms with van der Waals surface area (Å²) in [5.41, 5.74) is 0.556. The Morgan fingerprint density at radius 2 is 1.96 bits per heavy atom. The van der Waals surface area contributed by atoms with E-state index in [9.17, 15) is 14.4 Å². The van der Waals surface area contributed by atoms with Crippen LogP contribution >= 0.6 is 22.9 Å². The highest BCUT2D eigenvalue weighted by atomic mass is 35.5. The van der Waals surface area contributed by atoms with Crippen molar-refractivity contribution in [1.82, 2.24) is 20.3 Å². The first-order valence-corrected chi connectivity index (χ1v) is 8.30. The summed E-state index contributed by atoms with van der Waals surface area (Å²) in [6.45, 7) is 2.25. The number of hydrogen-bond acceptors (Lipinski definition) is 5. The summed E-state index contributed by atoms with van der Waals surface area (Å²) in [5.74, 6) is -0.275. The number of fused-ring (bicyclic) bond motifs is 1. The maximum atomic E-state index is 12.2. The zero-order valence-corrected chi connectivity index (χ0v) is 14.2. The van der Waals surface area contributed by atoms with Crippen LogP contribution < -0.4 is 16.4 Å². The monoisotopic (exact) mass is 364 g/mol. The van der Waals surface area contributed by atoms with Crippen LogP contribution in [-0.4, -0.2) is 27.4 Å². The van der Waals surface area contributed by atoms with Crippen LogP contribution in [0.15, 0.2) is 27.8 Å². The largest absolute Gasteiger partial charge is 0.352 e. The van der Waals surface area contributed by atoms with Crippen molar-refractivity contribution in [2.75, 3.05) is 6.54 Å². The number of carbonyl (C=O) groups excluding carboxylic acids is 1. The molecule has 24 heavy (non-hydrogen) atoms. The van der Waals surface area contributed by atoms with Crippen LogP contribution in [0.1, 0.15) is 21.1 Å². The van der Waals surface area contributed by atoms with Crippen molar-refractivity contribution in [2.24, 2.45) is 0 Å². The molecule has 0 saturated carbocycles. The van der Waals surface area contributed by atoms with E-state index in [0.717, 1.165) is 10.7 Å². The molecule has 0 spiro atoms. The number of aryl methyl sites for hydroxylation is 1. The van der Waals surface area contributed by atoms with E-state index in [2.05, 4.69) is 20.3 Å². The lowest BCUT2D eigenvalue weighted by atomic mass is 10.2. The molecular formula is C15H13ClN4O3S. The fourth-order valence-electron chi connectivity index (χ4n) is 2.18. The Morgan fingerprint density at radius 3 is 2.62 bits per heavy atom. The van der Waals surface area contributed by atoms with Gasteiger partial charge in [0.1, 0.15) is 4.34 Å². The Morgan fingerprint density at radius 1 is 1.25 bits per heavy atom. The lowest BCUT2D eigenvalue weighted by Crippen LogP contribution is -2.29. The summed E-state index contributed by atoms with van der Waals surface area (Å²) in [4.78, 5) is 44.0. The first-order valence-electron chi connectivity index (χ1n) is 7.10. The number of hydrogen-bond donors (Lipinski definition) is 3. The summed E-state index contributed by atoms with van der Waals surface area (Å²) < 4.78 is 0.656. The lowest BCUT2D eigenvalue weighted by Gasteiger charge is -2.05. The summed E-state index contributed by atoms with van der Waals surface area (Å²) in [7, 11) is 0. The third-order valence-corrected chi connectivity index (χ3v) is 4.90. The Bertz CT molecular complexity index is 1020. The standard InChI is InChI=1S/C15H13ClN4O3S/c1-7-12(16)24-11(18-7)4-5-17-13(21)8-2-3-9-10(6-8)20-15(23)14(22)19-9/h2-3,6H,4-5H2,1H3,(H,17,21)(H,19,22)(H,20,23). The minimum absolute atomic E-state index is 0.275. The normalized spacial score (nSPS) is 10.9. The Kier molecular flexibility index (Phi) is 4.50. The number of aromatic amines is 2. The number of carbonyl (C=O) groups is 1. The van der Waals surface area contributed by atoms with Crippen LogP contribution in [0.2, 0.25) is 4.34 Å². The van der Waals surface area contributed by atoms with Gasteiger partial charge in [0.2, 0.25) is 0 Å². The fourth-order valence-corrected chi connectivity index (χ4v) is 3.28. The van der Waals surface area contributed by atoms with Crippen molar-refractivity contribution in [3.8, 4) is 0 Å². The van der Waals surface area contributed by atoms with Crippen LogP contribution in [0.3, 0.4) is 0 Å². The molecule has 3 N–H and O–H groups in total. The molecule has 9 heteroatoms. The van der Waals surface area contributed by atoms with Gasteiger partial charge >= 0.3 is 11.1 Å². The number of amides is 1. The summed E-state index contributed by atoms with van der Waals surface area (Å²) in [6, 6.07) is 4.67. The minimum Gasteiger partial charge on any atom is -0.352 e. The number of H-pyrrole nitrogens is 2. The van der Waals surface area contributed by atoms with E-state index in [1.54, 1.807) is 12.1 Å². The van der Waals surface area contributed by atoms with Crippen LogP contribution in [0.25, 0.3) is 11.0 Å². The third kappa shape index (κ3) is 3.39. The predicted octanol–water partition coefficient (Wildman–Crippen LogP) is 1.61. The first-order chi connectivity index (χ1) is 11.4. The maximum absolute atomic E-state index is 12.2. The average Bonchev–Trinajstić information content (AvgIpc) is 2.86. The van der Waals surface area contributed by atoms with Gasteiger partial charge in [-0.05, 0) is 25.1 Å². The SMILES string of the molecule is Cc1nc(CCNC(=O)c2ccc3[nH]c(=O)c(=O)[nH]c3c2)sc1Cl. The molecule has 0 aliphatic carbocycles. The van der Waals surface area contributed by atoms with Gasteiger partial charge in [0.25, 0.3) is 5.91 Å². The minimum atomic E-state index is -0.754. The number of rotatable bonds is 4. The lowest BCUT2D eigenvalue weighted by molar-refractivity contribution is 0.0954. The van der Waals surface area contributed by atoms with Crippen LogP contribution in [0.5, 0.6) is 0 Å². The van der Waals surface area contributed by atoms with Gasteiger partial charge in [0, 0.05) is 18.5 Å². The Labute approximate surface area is 144 Å². The van der Waals surface area contributed by atoms with E-state index in [-0.39, 0.29) is 5.91 Å². The number of halogens is 1. The van der Waals surface area contributed by atoms with Gasteiger partial charge < -0.3 is 15.3 Å². The van der Waals surface area contributed by atoms with Crippen molar-refractivity contribution >= 4 is 39.9 Å². The molecule has 0 atom stereocenters. The molecule has 2 heterocycles. The first kappa shape index (κ1) is 16.4. The molecule has 3 rings (SSSR count). The van der Waals surface area contributed by atoms with E-state index < -0.39 is 11.1 Å². The van der Waals surface area contributed by atoms with Gasteiger partial charge in [0.15, 0.2) is 0 Å². The predicted molar refractivity (Wildman–Crippen MR) is 93.1 cm³/mol. The highest BCUT2D eigenvalue weighted by molar-refractivity contribution is 7.16. The summed E-state index contributed by atoms with van der Waals surface area (Å²) >= 11 is 7.36. The number of aromatic nitrogens is 3. The zero-order chi connectivity index (χ0) is 17.3. The van der Waals surface area contributed by atoms with Crippen LogP contribution in [-0.2, 0) is 6.42 Å². The smallest absolute Gasteiger partial charge is 0.314 e. The van der Waals surface area contributed by atoms with Crippen molar-refractivity contribution in [1.29, 1.82) is 0 Å². The second-order valence-corrected chi connectivity index (χ2v) is 6.83. The molecule has 0 radical (unpaired) electrons. The quantitative estimate of drug-likeness (QED) is 0.611. The van der Waals surface area contributed by atoms with Gasteiger partial charge in [-0.15, -0.1) is 11.3 Å². The molecule has 124 valence electrons. The van der Waals surface area contributed by atoms with Crippen LogP contribution in [0.4, 0.5) is 0 Å². The molecular weight excluding hydrogens is 352 g/mol. The molecule has 0 saturated heterocycles. The van der Waals surface area contributed by atoms with Gasteiger partial charge in [-0.25, -0.2) is 4.98 Å². The zero-order valence-electron chi connectivity index (χ0n) is 12.6. The molecule has 7 nitrogen and oxygen atoms in total. The molecule has 0 aliphatic heterocycles. The van der Waals surface area contributed by atoms with E-state index >= 15 is 0 Å². The molecule has 1 amide bonds. The van der Waals surface area contributed by atoms with E-state index in [1.165, 1.54) is 17.4 Å². The van der Waals surface area contributed by atoms with Crippen molar-refractivity contribution in [3.05, 3.63) is 59.5 Å². The molecule has 0 unspecified atom stereocenters. The molecule has 3 aromatic rings. The summed E-state index contributed by atoms with van der Waals surface area (Å²) in [6.07, 6.45) is 0.585.